The SMILES string of the molecule is COc1ccc(N2CCN(c3ccc(NCCCCCN)cc3)CC2)cc1OC. The number of anilines is 3. The van der Waals surface area contributed by atoms with E-state index in [4.69, 9.17) is 15.2 Å². The van der Waals surface area contributed by atoms with Crippen LogP contribution in [0.15, 0.2) is 42.5 Å². The van der Waals surface area contributed by atoms with Crippen molar-refractivity contribution in [2.45, 2.75) is 19.3 Å². The summed E-state index contributed by atoms with van der Waals surface area (Å²) in [6, 6.07) is 14.9. The normalized spacial score (nSPS) is 14.0. The number of unbranched alkanes of at least 4 members (excludes halogenated alkanes) is 2. The van der Waals surface area contributed by atoms with Crippen molar-refractivity contribution in [2.24, 2.45) is 5.73 Å². The third-order valence-electron chi connectivity index (χ3n) is 5.45. The van der Waals surface area contributed by atoms with E-state index >= 15 is 0 Å². The summed E-state index contributed by atoms with van der Waals surface area (Å²) in [6.45, 7) is 5.75. The molecule has 0 aromatic heterocycles. The molecule has 1 aliphatic rings. The van der Waals surface area contributed by atoms with Crippen molar-refractivity contribution in [1.82, 2.24) is 0 Å². The highest BCUT2D eigenvalue weighted by Crippen LogP contribution is 2.32. The van der Waals surface area contributed by atoms with E-state index in [1.54, 1.807) is 14.2 Å². The fourth-order valence-corrected chi connectivity index (χ4v) is 3.71. The Hall–Kier alpha value is -2.60. The van der Waals surface area contributed by atoms with Gasteiger partial charge in [0.15, 0.2) is 11.5 Å². The first-order chi connectivity index (χ1) is 14.2. The van der Waals surface area contributed by atoms with Crippen molar-refractivity contribution < 1.29 is 9.47 Å². The van der Waals surface area contributed by atoms with Crippen molar-refractivity contribution in [3.05, 3.63) is 42.5 Å². The number of hydrogen-bond acceptors (Lipinski definition) is 6. The molecule has 1 aliphatic heterocycles. The van der Waals surface area contributed by atoms with Crippen LogP contribution in [-0.2, 0) is 0 Å². The number of nitrogens with one attached hydrogen (secondary N) is 1. The minimum atomic E-state index is 0.767. The van der Waals surface area contributed by atoms with Gasteiger partial charge in [-0.1, -0.05) is 6.42 Å². The Morgan fingerprint density at radius 1 is 0.793 bits per heavy atom. The minimum Gasteiger partial charge on any atom is -0.493 e. The Morgan fingerprint density at radius 3 is 2.03 bits per heavy atom. The lowest BCUT2D eigenvalue weighted by molar-refractivity contribution is 0.355. The van der Waals surface area contributed by atoms with Gasteiger partial charge in [-0.05, 0) is 55.8 Å². The number of methoxy groups -OCH3 is 2. The lowest BCUT2D eigenvalue weighted by Gasteiger charge is -2.37. The second kappa shape index (κ2) is 10.8. The van der Waals surface area contributed by atoms with Gasteiger partial charge in [0.05, 0.1) is 14.2 Å². The summed E-state index contributed by atoms with van der Waals surface area (Å²) < 4.78 is 10.8. The monoisotopic (exact) mass is 398 g/mol. The summed E-state index contributed by atoms with van der Waals surface area (Å²) in [4.78, 5) is 4.85. The molecule has 0 unspecified atom stereocenters. The molecule has 6 heteroatoms. The van der Waals surface area contributed by atoms with Crippen molar-refractivity contribution in [3.8, 4) is 11.5 Å². The fraction of sp³-hybridized carbons (Fsp3) is 0.478. The van der Waals surface area contributed by atoms with Crippen LogP contribution in [0.25, 0.3) is 0 Å². The zero-order valence-electron chi connectivity index (χ0n) is 17.7. The number of nitrogens with two attached hydrogens (primary N) is 1. The van der Waals surface area contributed by atoms with Gasteiger partial charge in [-0.3, -0.25) is 0 Å². The minimum absolute atomic E-state index is 0.767. The molecule has 0 saturated carbocycles. The molecule has 158 valence electrons. The molecule has 3 N–H and O–H groups in total. The molecule has 0 amide bonds. The third kappa shape index (κ3) is 5.70. The van der Waals surface area contributed by atoms with Gasteiger partial charge in [0.1, 0.15) is 0 Å². The molecule has 0 radical (unpaired) electrons. The molecule has 29 heavy (non-hydrogen) atoms. The third-order valence-corrected chi connectivity index (χ3v) is 5.45. The highest BCUT2D eigenvalue weighted by atomic mass is 16.5. The van der Waals surface area contributed by atoms with E-state index in [1.165, 1.54) is 23.5 Å². The largest absolute Gasteiger partial charge is 0.493 e. The number of benzene rings is 2. The predicted molar refractivity (Wildman–Crippen MR) is 122 cm³/mol. The molecule has 0 spiro atoms. The number of ether oxygens (including phenoxy) is 2. The molecule has 3 rings (SSSR count). The maximum Gasteiger partial charge on any atom is 0.162 e. The van der Waals surface area contributed by atoms with Crippen LogP contribution in [0.2, 0.25) is 0 Å². The predicted octanol–water partition coefficient (Wildman–Crippen LogP) is 3.57. The maximum atomic E-state index is 5.54. The number of rotatable bonds is 10. The van der Waals surface area contributed by atoms with Gasteiger partial charge in [0.2, 0.25) is 0 Å². The van der Waals surface area contributed by atoms with Crippen molar-refractivity contribution in [1.29, 1.82) is 0 Å². The van der Waals surface area contributed by atoms with Gasteiger partial charge in [-0.2, -0.15) is 0 Å². The van der Waals surface area contributed by atoms with Gasteiger partial charge in [-0.25, -0.2) is 0 Å². The van der Waals surface area contributed by atoms with E-state index in [0.717, 1.165) is 63.6 Å². The Morgan fingerprint density at radius 2 is 1.41 bits per heavy atom. The maximum absolute atomic E-state index is 5.54. The Bertz CT molecular complexity index is 743. The summed E-state index contributed by atoms with van der Waals surface area (Å²) in [7, 11) is 3.34. The van der Waals surface area contributed by atoms with E-state index in [2.05, 4.69) is 51.5 Å². The van der Waals surface area contributed by atoms with Crippen LogP contribution in [0.1, 0.15) is 19.3 Å². The van der Waals surface area contributed by atoms with E-state index < -0.39 is 0 Å². The molecule has 1 fully saturated rings. The molecule has 2 aromatic carbocycles. The van der Waals surface area contributed by atoms with Gasteiger partial charge in [-0.15, -0.1) is 0 Å². The summed E-state index contributed by atoms with van der Waals surface area (Å²) in [6.07, 6.45) is 3.46. The second-order valence-corrected chi connectivity index (χ2v) is 7.34. The first-order valence-electron chi connectivity index (χ1n) is 10.5. The smallest absolute Gasteiger partial charge is 0.162 e. The molecule has 6 nitrogen and oxygen atoms in total. The zero-order chi connectivity index (χ0) is 20.5. The molecule has 0 aliphatic carbocycles. The van der Waals surface area contributed by atoms with Gasteiger partial charge < -0.3 is 30.3 Å². The summed E-state index contributed by atoms with van der Waals surface area (Å²) in [5, 5.41) is 3.49. The molecule has 1 saturated heterocycles. The average Bonchev–Trinajstić information content (AvgIpc) is 2.79. The van der Waals surface area contributed by atoms with Crippen molar-refractivity contribution >= 4 is 17.1 Å². The van der Waals surface area contributed by atoms with Crippen molar-refractivity contribution in [3.63, 3.8) is 0 Å². The van der Waals surface area contributed by atoms with Gasteiger partial charge in [0, 0.05) is 55.9 Å². The summed E-state index contributed by atoms with van der Waals surface area (Å²) in [5.74, 6) is 1.54. The lowest BCUT2D eigenvalue weighted by atomic mass is 10.2. The van der Waals surface area contributed by atoms with E-state index in [-0.39, 0.29) is 0 Å². The van der Waals surface area contributed by atoms with E-state index in [1.807, 2.05) is 6.07 Å². The molecule has 1 heterocycles. The van der Waals surface area contributed by atoms with Crippen LogP contribution in [0.3, 0.4) is 0 Å². The van der Waals surface area contributed by atoms with E-state index in [0.29, 0.717) is 0 Å². The quantitative estimate of drug-likeness (QED) is 0.597. The lowest BCUT2D eigenvalue weighted by Crippen LogP contribution is -2.46. The van der Waals surface area contributed by atoms with Crippen LogP contribution in [0.5, 0.6) is 11.5 Å². The summed E-state index contributed by atoms with van der Waals surface area (Å²) in [5.41, 5.74) is 9.18. The highest BCUT2D eigenvalue weighted by Gasteiger charge is 2.18. The number of hydrogen-bond donors (Lipinski definition) is 2. The van der Waals surface area contributed by atoms with Crippen LogP contribution in [0, 0.1) is 0 Å². The highest BCUT2D eigenvalue weighted by molar-refractivity contribution is 5.59. The molecular formula is C23H34N4O2. The Labute approximate surface area is 174 Å². The Kier molecular flexibility index (Phi) is 7.87. The molecular weight excluding hydrogens is 364 g/mol. The number of nitrogens with zero attached hydrogens (tertiary/aromatic N) is 2. The first-order valence-corrected chi connectivity index (χ1v) is 10.5. The topological polar surface area (TPSA) is 63.0 Å². The fourth-order valence-electron chi connectivity index (χ4n) is 3.71. The molecule has 2 aromatic rings. The standard InChI is InChI=1S/C23H34N4O2/c1-28-22-11-10-21(18-23(22)29-2)27-16-14-26(15-17-27)20-8-6-19(7-9-20)25-13-5-3-4-12-24/h6-11,18,25H,3-5,12-17,24H2,1-2H3. The van der Waals surface area contributed by atoms with Crippen LogP contribution in [-0.4, -0.2) is 53.5 Å². The van der Waals surface area contributed by atoms with Crippen molar-refractivity contribution in [2.75, 3.05) is 68.6 Å². The molecule has 0 atom stereocenters. The van der Waals surface area contributed by atoms with Gasteiger partial charge >= 0.3 is 0 Å². The number of piperazine rings is 1. The van der Waals surface area contributed by atoms with E-state index in [9.17, 15) is 0 Å². The van der Waals surface area contributed by atoms with Crippen LogP contribution >= 0.6 is 0 Å². The Balaban J connectivity index is 1.50. The zero-order valence-corrected chi connectivity index (χ0v) is 17.7. The first kappa shape index (κ1) is 21.1. The second-order valence-electron chi connectivity index (χ2n) is 7.34. The van der Waals surface area contributed by atoms with Gasteiger partial charge in [0.25, 0.3) is 0 Å². The average molecular weight is 399 g/mol. The molecule has 0 bridgehead atoms. The summed E-state index contributed by atoms with van der Waals surface area (Å²) >= 11 is 0. The van der Waals surface area contributed by atoms with Crippen LogP contribution < -0.4 is 30.3 Å². The van der Waals surface area contributed by atoms with Crippen LogP contribution in [0.4, 0.5) is 17.1 Å².